The Labute approximate surface area is 222 Å². The van der Waals surface area contributed by atoms with Crippen LogP contribution in [0, 0.1) is 0 Å². The number of aliphatic hydroxyl groups is 1. The number of benzene rings is 2. The maximum Gasteiger partial charge on any atom is 0.248 e. The topological polar surface area (TPSA) is 143 Å². The predicted octanol–water partition coefficient (Wildman–Crippen LogP) is 2.69. The van der Waals surface area contributed by atoms with Gasteiger partial charge in [-0.2, -0.15) is 0 Å². The average molecular weight is 544 g/mol. The molecule has 3 N–H and O–H groups in total. The molecule has 2 aromatic carbocycles. The molecule has 1 fully saturated rings. The van der Waals surface area contributed by atoms with E-state index in [4.69, 9.17) is 9.47 Å². The number of nitrogens with one attached hydrogen (secondary N) is 2. The highest BCUT2D eigenvalue weighted by molar-refractivity contribution is 7.93. The second-order valence-corrected chi connectivity index (χ2v) is 11.0. The predicted molar refractivity (Wildman–Crippen MR) is 145 cm³/mol. The number of aryl methyl sites for hydroxylation is 1. The van der Waals surface area contributed by atoms with E-state index in [9.17, 15) is 18.3 Å². The number of aromatic nitrogens is 2. The van der Waals surface area contributed by atoms with Crippen molar-refractivity contribution in [1.82, 2.24) is 14.9 Å². The standard InChI is InChI=1S/C26H33N5O6S/c1-36-17-24(33)31-13-11-20(12-14-31)38(34,35)30-26-25(27-21-7-3-4-8-22(21)28-26)29-23-16-19(37-2)10-9-18(23)6-5-15-32/h3-4,7-10,16,20,32H,5-6,11-15,17H2,1-2H3,(H,27,29)(H,28,30). The number of likely N-dealkylation sites (tertiary alicyclic amines) is 1. The van der Waals surface area contributed by atoms with Crippen molar-refractivity contribution in [3.8, 4) is 5.75 Å². The number of hydrogen-bond acceptors (Lipinski definition) is 9. The number of sulfonamides is 1. The first-order chi connectivity index (χ1) is 18.3. The zero-order valence-electron chi connectivity index (χ0n) is 21.5. The summed E-state index contributed by atoms with van der Waals surface area (Å²) >= 11 is 0. The Hall–Kier alpha value is -3.48. The monoisotopic (exact) mass is 543 g/mol. The number of hydrogen-bond donors (Lipinski definition) is 3. The highest BCUT2D eigenvalue weighted by atomic mass is 32.2. The van der Waals surface area contributed by atoms with Crippen LogP contribution in [0.2, 0.25) is 0 Å². The van der Waals surface area contributed by atoms with Crippen molar-refractivity contribution in [2.24, 2.45) is 0 Å². The number of nitrogens with zero attached hydrogens (tertiary/aromatic N) is 3. The fourth-order valence-electron chi connectivity index (χ4n) is 4.42. The van der Waals surface area contributed by atoms with Crippen LogP contribution in [0.15, 0.2) is 42.5 Å². The maximum absolute atomic E-state index is 13.4. The zero-order chi connectivity index (χ0) is 27.1. The Bertz CT molecular complexity index is 1380. The van der Waals surface area contributed by atoms with Crippen molar-refractivity contribution in [3.05, 3.63) is 48.0 Å². The number of carbonyl (C=O) groups excluding carboxylic acids is 1. The van der Waals surface area contributed by atoms with Crippen molar-refractivity contribution in [2.45, 2.75) is 30.9 Å². The molecular weight excluding hydrogens is 510 g/mol. The number of fused-ring (bicyclic) bond motifs is 1. The summed E-state index contributed by atoms with van der Waals surface area (Å²) < 4.78 is 39.8. The number of carbonyl (C=O) groups is 1. The number of aliphatic hydroxyl groups excluding tert-OH is 1. The summed E-state index contributed by atoms with van der Waals surface area (Å²) in [6, 6.07) is 12.7. The normalized spacial score (nSPS) is 14.4. The van der Waals surface area contributed by atoms with Gasteiger partial charge in [-0.25, -0.2) is 18.4 Å². The lowest BCUT2D eigenvalue weighted by atomic mass is 10.1. The van der Waals surface area contributed by atoms with E-state index < -0.39 is 15.3 Å². The molecule has 0 unspecified atom stereocenters. The van der Waals surface area contributed by atoms with Gasteiger partial charge in [0.2, 0.25) is 15.9 Å². The lowest BCUT2D eigenvalue weighted by Crippen LogP contribution is -2.45. The van der Waals surface area contributed by atoms with Gasteiger partial charge in [0, 0.05) is 38.6 Å². The molecule has 0 aliphatic carbocycles. The summed E-state index contributed by atoms with van der Waals surface area (Å²) in [6.07, 6.45) is 1.77. The van der Waals surface area contributed by atoms with Crippen LogP contribution in [0.25, 0.3) is 11.0 Å². The summed E-state index contributed by atoms with van der Waals surface area (Å²) in [5.41, 5.74) is 2.73. The lowest BCUT2D eigenvalue weighted by molar-refractivity contribution is -0.135. The Morgan fingerprint density at radius 1 is 1.08 bits per heavy atom. The first kappa shape index (κ1) is 27.6. The van der Waals surface area contributed by atoms with Crippen molar-refractivity contribution < 1.29 is 27.8 Å². The van der Waals surface area contributed by atoms with E-state index in [2.05, 4.69) is 20.0 Å². The minimum Gasteiger partial charge on any atom is -0.497 e. The second kappa shape index (κ2) is 12.4. The van der Waals surface area contributed by atoms with E-state index in [1.54, 1.807) is 30.2 Å². The van der Waals surface area contributed by atoms with Crippen LogP contribution in [0.3, 0.4) is 0 Å². The minimum absolute atomic E-state index is 0.0259. The van der Waals surface area contributed by atoms with E-state index in [1.165, 1.54) is 7.11 Å². The summed E-state index contributed by atoms with van der Waals surface area (Å²) in [6.45, 7) is 0.685. The molecule has 11 nitrogen and oxygen atoms in total. The van der Waals surface area contributed by atoms with Gasteiger partial charge in [0.15, 0.2) is 11.6 Å². The Morgan fingerprint density at radius 2 is 1.76 bits per heavy atom. The number of piperidine rings is 1. The molecule has 1 aliphatic heterocycles. The van der Waals surface area contributed by atoms with Gasteiger partial charge in [0.05, 0.1) is 23.4 Å². The van der Waals surface area contributed by atoms with E-state index in [-0.39, 0.29) is 30.8 Å². The SMILES string of the molecule is COCC(=O)N1CCC(S(=O)(=O)Nc2nc3ccccc3nc2Nc2cc(OC)ccc2CCCO)CC1. The minimum atomic E-state index is -3.84. The van der Waals surface area contributed by atoms with Crippen molar-refractivity contribution >= 4 is 44.3 Å². The highest BCUT2D eigenvalue weighted by Crippen LogP contribution is 2.31. The van der Waals surface area contributed by atoms with Crippen LogP contribution in [-0.2, 0) is 26.0 Å². The molecular formula is C26H33N5O6S. The molecule has 0 atom stereocenters. The molecule has 1 aromatic heterocycles. The van der Waals surface area contributed by atoms with Crippen LogP contribution in [0.5, 0.6) is 5.75 Å². The molecule has 1 amide bonds. The van der Waals surface area contributed by atoms with Gasteiger partial charge in [0.1, 0.15) is 12.4 Å². The van der Waals surface area contributed by atoms with Crippen LogP contribution in [0.4, 0.5) is 17.3 Å². The molecule has 38 heavy (non-hydrogen) atoms. The fraction of sp³-hybridized carbons (Fsp3) is 0.423. The molecule has 4 rings (SSSR count). The number of anilines is 3. The van der Waals surface area contributed by atoms with E-state index in [1.807, 2.05) is 24.3 Å². The molecule has 0 saturated carbocycles. The smallest absolute Gasteiger partial charge is 0.248 e. The van der Waals surface area contributed by atoms with Gasteiger partial charge in [-0.15, -0.1) is 0 Å². The average Bonchev–Trinajstić information content (AvgIpc) is 2.92. The molecule has 2 heterocycles. The fourth-order valence-corrected chi connectivity index (χ4v) is 5.83. The first-order valence-corrected chi connectivity index (χ1v) is 14.0. The quantitative estimate of drug-likeness (QED) is 0.333. The van der Waals surface area contributed by atoms with Gasteiger partial charge in [0.25, 0.3) is 0 Å². The zero-order valence-corrected chi connectivity index (χ0v) is 22.3. The molecule has 3 aromatic rings. The molecule has 12 heteroatoms. The number of ether oxygens (including phenoxy) is 2. The summed E-state index contributed by atoms with van der Waals surface area (Å²) in [4.78, 5) is 23.0. The molecule has 204 valence electrons. The molecule has 0 radical (unpaired) electrons. The van der Waals surface area contributed by atoms with E-state index in [0.29, 0.717) is 61.2 Å². The van der Waals surface area contributed by atoms with Crippen molar-refractivity contribution in [3.63, 3.8) is 0 Å². The third-order valence-corrected chi connectivity index (χ3v) is 8.31. The lowest BCUT2D eigenvalue weighted by Gasteiger charge is -2.31. The third kappa shape index (κ3) is 6.50. The number of methoxy groups -OCH3 is 2. The van der Waals surface area contributed by atoms with Gasteiger partial charge in [-0.1, -0.05) is 18.2 Å². The van der Waals surface area contributed by atoms with Crippen LogP contribution < -0.4 is 14.8 Å². The largest absolute Gasteiger partial charge is 0.497 e. The van der Waals surface area contributed by atoms with E-state index in [0.717, 1.165) is 5.56 Å². The number of rotatable bonds is 11. The summed E-state index contributed by atoms with van der Waals surface area (Å²) in [5.74, 6) is 0.792. The van der Waals surface area contributed by atoms with Crippen LogP contribution >= 0.6 is 0 Å². The maximum atomic E-state index is 13.4. The first-order valence-electron chi connectivity index (χ1n) is 12.4. The van der Waals surface area contributed by atoms with Crippen molar-refractivity contribution in [2.75, 3.05) is 50.6 Å². The van der Waals surface area contributed by atoms with Crippen molar-refractivity contribution in [1.29, 1.82) is 0 Å². The van der Waals surface area contributed by atoms with Crippen LogP contribution in [0.1, 0.15) is 24.8 Å². The molecule has 0 spiro atoms. The Morgan fingerprint density at radius 3 is 2.39 bits per heavy atom. The highest BCUT2D eigenvalue weighted by Gasteiger charge is 2.32. The summed E-state index contributed by atoms with van der Waals surface area (Å²) in [5, 5.41) is 11.9. The van der Waals surface area contributed by atoms with Gasteiger partial charge in [-0.3, -0.25) is 9.52 Å². The number of para-hydroxylation sites is 2. The summed E-state index contributed by atoms with van der Waals surface area (Å²) in [7, 11) is -0.818. The molecule has 0 bridgehead atoms. The molecule has 1 saturated heterocycles. The molecule has 1 aliphatic rings. The Kier molecular flexibility index (Phi) is 8.97. The van der Waals surface area contributed by atoms with Gasteiger partial charge in [-0.05, 0) is 49.4 Å². The Balaban J connectivity index is 1.63. The third-order valence-electron chi connectivity index (χ3n) is 6.49. The van der Waals surface area contributed by atoms with Gasteiger partial charge >= 0.3 is 0 Å². The van der Waals surface area contributed by atoms with Crippen LogP contribution in [-0.4, -0.2) is 80.1 Å². The number of amides is 1. The van der Waals surface area contributed by atoms with E-state index >= 15 is 0 Å². The van der Waals surface area contributed by atoms with Gasteiger partial charge < -0.3 is 24.8 Å². The second-order valence-electron chi connectivity index (χ2n) is 9.05.